The SMILES string of the molecule is FC(F)(F)[C@@H]1CNCCN1. The molecule has 10 heavy (non-hydrogen) atoms. The number of nitrogens with one attached hydrogen (secondary N) is 2. The summed E-state index contributed by atoms with van der Waals surface area (Å²) < 4.78 is 35.5. The Morgan fingerprint density at radius 2 is 1.90 bits per heavy atom. The van der Waals surface area contributed by atoms with Gasteiger partial charge in [-0.2, -0.15) is 13.2 Å². The number of rotatable bonds is 0. The Labute approximate surface area is 56.8 Å². The molecule has 0 radical (unpaired) electrons. The molecule has 0 spiro atoms. The molecule has 0 amide bonds. The van der Waals surface area contributed by atoms with Gasteiger partial charge in [-0.05, 0) is 0 Å². The van der Waals surface area contributed by atoms with Gasteiger partial charge in [-0.1, -0.05) is 0 Å². The van der Waals surface area contributed by atoms with Crippen LogP contribution in [0.25, 0.3) is 0 Å². The van der Waals surface area contributed by atoms with Crippen molar-refractivity contribution in [2.75, 3.05) is 19.6 Å². The summed E-state index contributed by atoms with van der Waals surface area (Å²) in [5.41, 5.74) is 0. The molecule has 0 saturated carbocycles. The van der Waals surface area contributed by atoms with E-state index in [2.05, 4.69) is 10.6 Å². The first-order valence-electron chi connectivity index (χ1n) is 3.11. The summed E-state index contributed by atoms with van der Waals surface area (Å²) in [6.45, 7) is 1.00. The van der Waals surface area contributed by atoms with Gasteiger partial charge in [0.1, 0.15) is 6.04 Å². The van der Waals surface area contributed by atoms with Crippen molar-refractivity contribution >= 4 is 0 Å². The van der Waals surface area contributed by atoms with Gasteiger partial charge in [0.15, 0.2) is 0 Å². The second-order valence-electron chi connectivity index (χ2n) is 2.25. The van der Waals surface area contributed by atoms with Gasteiger partial charge in [-0.3, -0.25) is 0 Å². The van der Waals surface area contributed by atoms with Gasteiger partial charge < -0.3 is 10.6 Å². The zero-order valence-electron chi connectivity index (χ0n) is 5.33. The molecule has 2 N–H and O–H groups in total. The minimum absolute atomic E-state index is 0.0104. The van der Waals surface area contributed by atoms with E-state index in [4.69, 9.17) is 0 Å². The molecule has 1 rings (SSSR count). The molecule has 0 bridgehead atoms. The number of hydrogen-bond acceptors (Lipinski definition) is 2. The van der Waals surface area contributed by atoms with E-state index in [0.29, 0.717) is 13.1 Å². The van der Waals surface area contributed by atoms with Crippen LogP contribution in [0.2, 0.25) is 0 Å². The van der Waals surface area contributed by atoms with Crippen LogP contribution in [0, 0.1) is 0 Å². The van der Waals surface area contributed by atoms with Gasteiger partial charge in [0.2, 0.25) is 0 Å². The first-order valence-corrected chi connectivity index (χ1v) is 3.11. The third-order valence-corrected chi connectivity index (χ3v) is 1.44. The predicted molar refractivity (Wildman–Crippen MR) is 30.7 cm³/mol. The summed E-state index contributed by atoms with van der Waals surface area (Å²) in [5, 5.41) is 5.03. The molecule has 0 aromatic carbocycles. The van der Waals surface area contributed by atoms with Crippen LogP contribution in [-0.2, 0) is 0 Å². The lowest BCUT2D eigenvalue weighted by molar-refractivity contribution is -0.156. The van der Waals surface area contributed by atoms with Crippen molar-refractivity contribution in [3.63, 3.8) is 0 Å². The molecule has 1 saturated heterocycles. The summed E-state index contributed by atoms with van der Waals surface area (Å²) in [4.78, 5) is 0. The highest BCUT2D eigenvalue weighted by Crippen LogP contribution is 2.19. The average Bonchev–Trinajstić information content (AvgIpc) is 1.88. The molecular weight excluding hydrogens is 145 g/mol. The van der Waals surface area contributed by atoms with E-state index in [9.17, 15) is 13.2 Å². The largest absolute Gasteiger partial charge is 0.405 e. The van der Waals surface area contributed by atoms with Gasteiger partial charge in [-0.25, -0.2) is 0 Å². The van der Waals surface area contributed by atoms with Crippen molar-refractivity contribution in [1.82, 2.24) is 10.6 Å². The normalized spacial score (nSPS) is 28.5. The molecule has 60 valence electrons. The molecular formula is C5H9F3N2. The first-order chi connectivity index (χ1) is 4.61. The van der Waals surface area contributed by atoms with Crippen LogP contribution in [0.3, 0.4) is 0 Å². The minimum Gasteiger partial charge on any atom is -0.314 e. The van der Waals surface area contributed by atoms with Gasteiger partial charge in [0, 0.05) is 19.6 Å². The van der Waals surface area contributed by atoms with E-state index in [1.54, 1.807) is 0 Å². The summed E-state index contributed by atoms with van der Waals surface area (Å²) in [6.07, 6.45) is -4.10. The molecule has 5 heteroatoms. The lowest BCUT2D eigenvalue weighted by Gasteiger charge is -2.26. The standard InChI is InChI=1S/C5H9F3N2/c6-5(7,8)4-3-9-1-2-10-4/h4,9-10H,1-3H2/t4-/m0/s1. The van der Waals surface area contributed by atoms with Crippen molar-refractivity contribution in [3.8, 4) is 0 Å². The molecule has 2 nitrogen and oxygen atoms in total. The molecule has 1 atom stereocenters. The highest BCUT2D eigenvalue weighted by atomic mass is 19.4. The second kappa shape index (κ2) is 2.75. The van der Waals surface area contributed by atoms with E-state index in [1.165, 1.54) is 0 Å². The van der Waals surface area contributed by atoms with Crippen molar-refractivity contribution in [1.29, 1.82) is 0 Å². The topological polar surface area (TPSA) is 24.1 Å². The summed E-state index contributed by atoms with van der Waals surface area (Å²) in [6, 6.07) is -1.36. The fraction of sp³-hybridized carbons (Fsp3) is 1.00. The number of halogens is 3. The van der Waals surface area contributed by atoms with Crippen LogP contribution in [0.1, 0.15) is 0 Å². The lowest BCUT2D eigenvalue weighted by atomic mass is 10.2. The molecule has 0 aromatic heterocycles. The average molecular weight is 154 g/mol. The molecule has 1 aliphatic rings. The smallest absolute Gasteiger partial charge is 0.314 e. The highest BCUT2D eigenvalue weighted by molar-refractivity contribution is 4.81. The zero-order chi connectivity index (χ0) is 7.61. The first kappa shape index (κ1) is 7.81. The van der Waals surface area contributed by atoms with Gasteiger partial charge >= 0.3 is 6.18 Å². The van der Waals surface area contributed by atoms with Crippen LogP contribution in [0.4, 0.5) is 13.2 Å². The number of alkyl halides is 3. The van der Waals surface area contributed by atoms with Crippen LogP contribution >= 0.6 is 0 Å². The van der Waals surface area contributed by atoms with Crippen LogP contribution < -0.4 is 10.6 Å². The van der Waals surface area contributed by atoms with E-state index in [1.807, 2.05) is 0 Å². The maximum Gasteiger partial charge on any atom is 0.405 e. The zero-order valence-corrected chi connectivity index (χ0v) is 5.33. The van der Waals surface area contributed by atoms with Crippen molar-refractivity contribution in [2.24, 2.45) is 0 Å². The maximum atomic E-state index is 11.8. The summed E-state index contributed by atoms with van der Waals surface area (Å²) in [5.74, 6) is 0. The van der Waals surface area contributed by atoms with E-state index < -0.39 is 12.2 Å². The van der Waals surface area contributed by atoms with Crippen molar-refractivity contribution in [2.45, 2.75) is 12.2 Å². The highest BCUT2D eigenvalue weighted by Gasteiger charge is 2.39. The van der Waals surface area contributed by atoms with Crippen LogP contribution in [0.15, 0.2) is 0 Å². The Hall–Kier alpha value is -0.290. The Morgan fingerprint density at radius 3 is 2.20 bits per heavy atom. The molecule has 0 aliphatic carbocycles. The van der Waals surface area contributed by atoms with Crippen LogP contribution in [0.5, 0.6) is 0 Å². The lowest BCUT2D eigenvalue weighted by Crippen LogP contribution is -2.55. The monoisotopic (exact) mass is 154 g/mol. The van der Waals surface area contributed by atoms with Gasteiger partial charge in [0.25, 0.3) is 0 Å². The van der Waals surface area contributed by atoms with Gasteiger partial charge in [-0.15, -0.1) is 0 Å². The quantitative estimate of drug-likeness (QED) is 0.517. The van der Waals surface area contributed by atoms with Crippen molar-refractivity contribution in [3.05, 3.63) is 0 Å². The Bertz CT molecular complexity index is 106. The Kier molecular flexibility index (Phi) is 2.15. The summed E-state index contributed by atoms with van der Waals surface area (Å²) >= 11 is 0. The molecule has 1 fully saturated rings. The fourth-order valence-corrected chi connectivity index (χ4v) is 0.885. The molecule has 1 aliphatic heterocycles. The number of piperazine rings is 1. The van der Waals surface area contributed by atoms with E-state index in [-0.39, 0.29) is 6.54 Å². The van der Waals surface area contributed by atoms with Gasteiger partial charge in [0.05, 0.1) is 0 Å². The third kappa shape index (κ3) is 1.85. The third-order valence-electron chi connectivity index (χ3n) is 1.44. The van der Waals surface area contributed by atoms with E-state index in [0.717, 1.165) is 0 Å². The second-order valence-corrected chi connectivity index (χ2v) is 2.25. The number of hydrogen-bond donors (Lipinski definition) is 2. The fourth-order valence-electron chi connectivity index (χ4n) is 0.885. The molecule has 0 aromatic rings. The predicted octanol–water partition coefficient (Wildman–Crippen LogP) is 0.110. The van der Waals surface area contributed by atoms with Crippen molar-refractivity contribution < 1.29 is 13.2 Å². The van der Waals surface area contributed by atoms with Crippen LogP contribution in [-0.4, -0.2) is 31.9 Å². The Morgan fingerprint density at radius 1 is 1.20 bits per heavy atom. The molecule has 0 unspecified atom stereocenters. The molecule has 1 heterocycles. The maximum absolute atomic E-state index is 11.8. The Balaban J connectivity index is 2.39. The summed E-state index contributed by atoms with van der Waals surface area (Å²) in [7, 11) is 0. The van der Waals surface area contributed by atoms with E-state index >= 15 is 0 Å². The minimum atomic E-state index is -4.10.